The average Bonchev–Trinajstić information content (AvgIpc) is 2.98. The number of hydrogen-bond donors (Lipinski definition) is 2. The van der Waals surface area contributed by atoms with Gasteiger partial charge in [0.2, 0.25) is 0 Å². The van der Waals surface area contributed by atoms with Crippen LogP contribution in [0, 0.1) is 17.5 Å². The molecule has 8 nitrogen and oxygen atoms in total. The van der Waals surface area contributed by atoms with Crippen LogP contribution in [0.5, 0.6) is 5.75 Å². The number of carbonyl (C=O) groups is 1. The molecule has 2 aliphatic heterocycles. The molecule has 2 aliphatic rings. The molecule has 2 aromatic carbocycles. The topological polar surface area (TPSA) is 82.6 Å². The monoisotopic (exact) mass is 582 g/mol. The fourth-order valence-electron chi connectivity index (χ4n) is 5.74. The number of hydrogen-bond acceptors (Lipinski definition) is 6. The quantitative estimate of drug-likeness (QED) is 0.395. The molecule has 0 radical (unpaired) electrons. The van der Waals surface area contributed by atoms with Gasteiger partial charge in [0.1, 0.15) is 23.9 Å². The van der Waals surface area contributed by atoms with E-state index in [0.29, 0.717) is 47.9 Å². The van der Waals surface area contributed by atoms with Gasteiger partial charge < -0.3 is 25.2 Å². The second kappa shape index (κ2) is 13.0. The molecule has 3 heterocycles. The number of carbonyl (C=O) groups excluding carboxylic acids is 1. The first-order valence-electron chi connectivity index (χ1n) is 14.4. The molecule has 1 aromatic heterocycles. The highest BCUT2D eigenvalue weighted by atomic mass is 19.1. The number of likely N-dealkylation sites (tertiary alicyclic amines) is 1. The minimum atomic E-state index is -0.664. The second-order valence-electron chi connectivity index (χ2n) is 11.1. The van der Waals surface area contributed by atoms with Crippen LogP contribution in [0.25, 0.3) is 11.3 Å². The Hall–Kier alpha value is -3.86. The van der Waals surface area contributed by atoms with Crippen LogP contribution in [0.3, 0.4) is 0 Å². The van der Waals surface area contributed by atoms with Crippen molar-refractivity contribution in [3.05, 3.63) is 70.9 Å². The maximum Gasteiger partial charge on any atom is 0.314 e. The molecule has 2 amide bonds. The molecule has 0 spiro atoms. The van der Waals surface area contributed by atoms with Crippen LogP contribution in [0.15, 0.2) is 36.5 Å². The summed E-state index contributed by atoms with van der Waals surface area (Å²) in [6, 6.07) is 8.02. The number of anilines is 1. The first-order chi connectivity index (χ1) is 20.2. The van der Waals surface area contributed by atoms with Crippen LogP contribution < -0.4 is 20.3 Å². The summed E-state index contributed by atoms with van der Waals surface area (Å²) >= 11 is 0. The molecule has 1 saturated heterocycles. The van der Waals surface area contributed by atoms with E-state index in [-0.39, 0.29) is 41.7 Å². The lowest BCUT2D eigenvalue weighted by molar-refractivity contribution is 0.208. The minimum Gasteiger partial charge on any atom is -0.486 e. The van der Waals surface area contributed by atoms with Crippen molar-refractivity contribution in [3.63, 3.8) is 0 Å². The summed E-state index contributed by atoms with van der Waals surface area (Å²) in [5.41, 5.74) is 2.20. The zero-order valence-electron chi connectivity index (χ0n) is 24.2. The van der Waals surface area contributed by atoms with E-state index in [1.807, 2.05) is 30.9 Å². The number of halogens is 3. The lowest BCUT2D eigenvalue weighted by Gasteiger charge is -2.34. The van der Waals surface area contributed by atoms with Gasteiger partial charge in [-0.05, 0) is 75.0 Å². The van der Waals surface area contributed by atoms with Crippen molar-refractivity contribution in [2.45, 2.75) is 45.1 Å². The summed E-state index contributed by atoms with van der Waals surface area (Å²) in [6.45, 7) is 7.96. The molecule has 1 fully saturated rings. The second-order valence-corrected chi connectivity index (χ2v) is 11.1. The maximum atomic E-state index is 15.3. The molecular formula is C31H37F3N6O2. The zero-order valence-corrected chi connectivity index (χ0v) is 24.2. The molecule has 3 aromatic rings. The third-order valence-electron chi connectivity index (χ3n) is 8.00. The Balaban J connectivity index is 1.27. The van der Waals surface area contributed by atoms with E-state index in [9.17, 15) is 9.18 Å². The summed E-state index contributed by atoms with van der Waals surface area (Å²) < 4.78 is 50.7. The fourth-order valence-corrected chi connectivity index (χ4v) is 5.74. The lowest BCUT2D eigenvalue weighted by atomic mass is 9.88. The number of aromatic nitrogens is 2. The predicted octanol–water partition coefficient (Wildman–Crippen LogP) is 4.87. The molecular weight excluding hydrogens is 545 g/mol. The molecule has 2 N–H and O–H groups in total. The van der Waals surface area contributed by atoms with Gasteiger partial charge in [-0.3, -0.25) is 0 Å². The molecule has 0 unspecified atom stereocenters. The van der Waals surface area contributed by atoms with Crippen molar-refractivity contribution >= 4 is 11.7 Å². The van der Waals surface area contributed by atoms with Crippen LogP contribution in [0.2, 0.25) is 0 Å². The van der Waals surface area contributed by atoms with Gasteiger partial charge in [-0.1, -0.05) is 12.1 Å². The van der Waals surface area contributed by atoms with Crippen molar-refractivity contribution in [1.29, 1.82) is 0 Å². The number of rotatable bonds is 8. The van der Waals surface area contributed by atoms with Crippen molar-refractivity contribution in [2.24, 2.45) is 0 Å². The molecule has 0 bridgehead atoms. The number of nitrogens with zero attached hydrogens (tertiary/aromatic N) is 4. The number of urea groups is 1. The minimum absolute atomic E-state index is 0.00893. The Labute approximate surface area is 244 Å². The largest absolute Gasteiger partial charge is 0.486 e. The van der Waals surface area contributed by atoms with Gasteiger partial charge in [-0.15, -0.1) is 0 Å². The SMILES string of the molecule is CNC(=O)NCCN1CCC(c2ccc(Cc3ncc(F)c(-c4cc(F)c5c(c4)N(C(C)C)CCO5)n3)cc2F)CC1. The number of fused-ring (bicyclic) bond motifs is 1. The van der Waals surface area contributed by atoms with E-state index in [2.05, 4.69) is 25.5 Å². The summed E-state index contributed by atoms with van der Waals surface area (Å²) in [6.07, 6.45) is 2.94. The Kier molecular flexibility index (Phi) is 9.15. The van der Waals surface area contributed by atoms with E-state index in [0.717, 1.165) is 38.7 Å². The first kappa shape index (κ1) is 29.6. The van der Waals surface area contributed by atoms with E-state index in [4.69, 9.17) is 4.74 Å². The Morgan fingerprint density at radius 1 is 1.07 bits per heavy atom. The number of ether oxygens (including phenoxy) is 1. The lowest BCUT2D eigenvalue weighted by Crippen LogP contribution is -2.41. The zero-order chi connectivity index (χ0) is 29.8. The van der Waals surface area contributed by atoms with Gasteiger partial charge in [0.25, 0.3) is 0 Å². The van der Waals surface area contributed by atoms with E-state index in [1.165, 1.54) is 12.1 Å². The number of benzene rings is 2. The summed E-state index contributed by atoms with van der Waals surface area (Å²) in [7, 11) is 1.58. The highest BCUT2D eigenvalue weighted by Crippen LogP contribution is 2.39. The molecule has 11 heteroatoms. The van der Waals surface area contributed by atoms with Crippen molar-refractivity contribution in [2.75, 3.05) is 51.3 Å². The number of nitrogens with one attached hydrogen (secondary N) is 2. The average molecular weight is 583 g/mol. The van der Waals surface area contributed by atoms with E-state index >= 15 is 8.78 Å². The van der Waals surface area contributed by atoms with Gasteiger partial charge in [-0.25, -0.2) is 27.9 Å². The van der Waals surface area contributed by atoms with Crippen LogP contribution in [-0.2, 0) is 6.42 Å². The van der Waals surface area contributed by atoms with Gasteiger partial charge in [0.15, 0.2) is 17.4 Å². The fraction of sp³-hybridized carbons (Fsp3) is 0.452. The van der Waals surface area contributed by atoms with Crippen LogP contribution in [0.4, 0.5) is 23.7 Å². The summed E-state index contributed by atoms with van der Waals surface area (Å²) in [5, 5.41) is 5.32. The highest BCUT2D eigenvalue weighted by Gasteiger charge is 2.26. The standard InChI is InChI=1S/C31H37F3N6O2/c1-19(2)40-12-13-42-30-25(33)16-22(17-27(30)40)29-26(34)18-37-28(38-29)15-20-4-5-23(24(32)14-20)21-6-9-39(10-7-21)11-8-36-31(41)35-3/h4-5,14,16-19,21H,6-13,15H2,1-3H3,(H2,35,36,41). The van der Waals surface area contributed by atoms with Crippen LogP contribution in [-0.4, -0.2) is 73.3 Å². The Morgan fingerprint density at radius 3 is 2.57 bits per heavy atom. The van der Waals surface area contributed by atoms with E-state index in [1.54, 1.807) is 13.1 Å². The van der Waals surface area contributed by atoms with Crippen LogP contribution in [0.1, 0.15) is 49.6 Å². The molecule has 0 atom stereocenters. The van der Waals surface area contributed by atoms with Gasteiger partial charge >= 0.3 is 6.03 Å². The summed E-state index contributed by atoms with van der Waals surface area (Å²) in [5.74, 6) is -0.927. The van der Waals surface area contributed by atoms with Gasteiger partial charge in [-0.2, -0.15) is 0 Å². The van der Waals surface area contributed by atoms with Crippen LogP contribution >= 0.6 is 0 Å². The Bertz CT molecular complexity index is 1430. The molecule has 224 valence electrons. The highest BCUT2D eigenvalue weighted by molar-refractivity contribution is 5.73. The first-order valence-corrected chi connectivity index (χ1v) is 14.4. The molecule has 0 saturated carbocycles. The third kappa shape index (κ3) is 6.61. The maximum absolute atomic E-state index is 15.3. The van der Waals surface area contributed by atoms with Gasteiger partial charge in [0.05, 0.1) is 18.4 Å². The smallest absolute Gasteiger partial charge is 0.314 e. The van der Waals surface area contributed by atoms with Crippen molar-refractivity contribution in [3.8, 4) is 17.0 Å². The van der Waals surface area contributed by atoms with E-state index < -0.39 is 11.6 Å². The molecule has 5 rings (SSSR count). The van der Waals surface area contributed by atoms with Gasteiger partial charge in [0, 0.05) is 38.2 Å². The molecule has 0 aliphatic carbocycles. The Morgan fingerprint density at radius 2 is 1.86 bits per heavy atom. The normalized spacial score (nSPS) is 15.8. The number of amides is 2. The van der Waals surface area contributed by atoms with Crippen molar-refractivity contribution < 1.29 is 22.7 Å². The summed E-state index contributed by atoms with van der Waals surface area (Å²) in [4.78, 5) is 24.2. The third-order valence-corrected chi connectivity index (χ3v) is 8.00. The predicted molar refractivity (Wildman–Crippen MR) is 155 cm³/mol. The molecule has 42 heavy (non-hydrogen) atoms. The number of piperidine rings is 1. The van der Waals surface area contributed by atoms with Crippen molar-refractivity contribution in [1.82, 2.24) is 25.5 Å².